The van der Waals surface area contributed by atoms with Crippen LogP contribution in [-0.2, 0) is 7.05 Å². The molecule has 7 nitrogen and oxygen atoms in total. The zero-order valence-electron chi connectivity index (χ0n) is 17.8. The Hall–Kier alpha value is -3.87. The minimum Gasteiger partial charge on any atom is -0.341 e. The first-order valence-corrected chi connectivity index (χ1v) is 10.7. The molecule has 3 heterocycles. The molecule has 1 aliphatic heterocycles. The maximum Gasteiger partial charge on any atom is 0.255 e. The highest BCUT2D eigenvalue weighted by Crippen LogP contribution is 2.28. The molecule has 5 rings (SSSR count). The normalized spacial score (nSPS) is 16.3. The molecule has 0 spiro atoms. The predicted molar refractivity (Wildman–Crippen MR) is 124 cm³/mol. The van der Waals surface area contributed by atoms with Gasteiger partial charge in [-0.2, -0.15) is 0 Å². The molecule has 0 N–H and O–H groups in total. The molecule has 0 aliphatic carbocycles. The molecule has 2 aromatic heterocycles. The number of Topliss-reactive ketones (excluding diaryl/α,β-unsaturated/α-hetero) is 1. The van der Waals surface area contributed by atoms with E-state index >= 15 is 0 Å². The van der Waals surface area contributed by atoms with Gasteiger partial charge in [0.15, 0.2) is 5.78 Å². The van der Waals surface area contributed by atoms with Gasteiger partial charge in [0.25, 0.3) is 5.56 Å². The second kappa shape index (κ2) is 8.34. The first kappa shape index (κ1) is 20.1. The number of aromatic nitrogens is 4. The standard InChI is InChI=1S/C25H23N5O2/c1-29-23(31)14-22(21-11-12-26-16-27-21)28-25(29)30-13-5-8-18(15-30)24(32)20-10-4-7-17-6-2-3-9-19(17)20/h2-4,6-7,9-12,14,16,18H,5,8,13,15H2,1H3. The Labute approximate surface area is 185 Å². The van der Waals surface area contributed by atoms with Gasteiger partial charge >= 0.3 is 0 Å². The summed E-state index contributed by atoms with van der Waals surface area (Å²) in [6, 6.07) is 17.1. The van der Waals surface area contributed by atoms with Gasteiger partial charge in [0.1, 0.15) is 6.33 Å². The number of benzene rings is 2. The number of rotatable bonds is 4. The summed E-state index contributed by atoms with van der Waals surface area (Å²) in [5.74, 6) is 0.541. The number of anilines is 1. The van der Waals surface area contributed by atoms with Crippen molar-refractivity contribution in [3.8, 4) is 11.4 Å². The molecule has 0 amide bonds. The van der Waals surface area contributed by atoms with Crippen LogP contribution in [0, 0.1) is 5.92 Å². The number of carbonyl (C=O) groups excluding carboxylic acids is 1. The van der Waals surface area contributed by atoms with Crippen molar-refractivity contribution in [1.29, 1.82) is 0 Å². The van der Waals surface area contributed by atoms with Crippen molar-refractivity contribution in [1.82, 2.24) is 19.5 Å². The molecule has 1 saturated heterocycles. The average molecular weight is 425 g/mol. The topological polar surface area (TPSA) is 81.0 Å². The summed E-state index contributed by atoms with van der Waals surface area (Å²) in [6.07, 6.45) is 4.74. The molecule has 4 aromatic rings. The lowest BCUT2D eigenvalue weighted by molar-refractivity contribution is 0.0908. The third-order valence-electron chi connectivity index (χ3n) is 6.09. The Bertz CT molecular complexity index is 1340. The van der Waals surface area contributed by atoms with Gasteiger partial charge in [0.05, 0.1) is 11.4 Å². The zero-order valence-corrected chi connectivity index (χ0v) is 17.8. The Morgan fingerprint density at radius 1 is 1.06 bits per heavy atom. The van der Waals surface area contributed by atoms with Crippen molar-refractivity contribution < 1.29 is 4.79 Å². The van der Waals surface area contributed by atoms with Gasteiger partial charge in [-0.15, -0.1) is 0 Å². The lowest BCUT2D eigenvalue weighted by Crippen LogP contribution is -2.42. The lowest BCUT2D eigenvalue weighted by atomic mass is 9.88. The molecule has 0 bridgehead atoms. The molecule has 160 valence electrons. The smallest absolute Gasteiger partial charge is 0.255 e. The summed E-state index contributed by atoms with van der Waals surface area (Å²) in [5.41, 5.74) is 1.70. The molecular formula is C25H23N5O2. The first-order chi connectivity index (χ1) is 15.6. The van der Waals surface area contributed by atoms with Gasteiger partial charge in [-0.05, 0) is 29.7 Å². The van der Waals surface area contributed by atoms with Crippen LogP contribution in [0.1, 0.15) is 23.2 Å². The van der Waals surface area contributed by atoms with Crippen LogP contribution in [0.25, 0.3) is 22.2 Å². The molecule has 1 aliphatic rings. The van der Waals surface area contributed by atoms with E-state index in [1.54, 1.807) is 19.3 Å². The summed E-state index contributed by atoms with van der Waals surface area (Å²) in [7, 11) is 1.71. The number of hydrogen-bond acceptors (Lipinski definition) is 6. The van der Waals surface area contributed by atoms with Gasteiger partial charge in [0, 0.05) is 43.9 Å². The van der Waals surface area contributed by atoms with Crippen LogP contribution in [0.5, 0.6) is 0 Å². The third-order valence-corrected chi connectivity index (χ3v) is 6.09. The van der Waals surface area contributed by atoms with Crippen molar-refractivity contribution in [3.63, 3.8) is 0 Å². The average Bonchev–Trinajstić information content (AvgIpc) is 2.85. The maximum absolute atomic E-state index is 13.5. The summed E-state index contributed by atoms with van der Waals surface area (Å²) in [5, 5.41) is 2.04. The summed E-state index contributed by atoms with van der Waals surface area (Å²) < 4.78 is 1.54. The highest BCUT2D eigenvalue weighted by Gasteiger charge is 2.29. The maximum atomic E-state index is 13.5. The zero-order chi connectivity index (χ0) is 22.1. The van der Waals surface area contributed by atoms with E-state index in [-0.39, 0.29) is 17.3 Å². The SMILES string of the molecule is Cn1c(N2CCCC(C(=O)c3cccc4ccccc34)C2)nc(-c2ccncn2)cc1=O. The molecular weight excluding hydrogens is 402 g/mol. The van der Waals surface area contributed by atoms with Crippen LogP contribution in [0.4, 0.5) is 5.95 Å². The number of hydrogen-bond donors (Lipinski definition) is 0. The number of nitrogens with zero attached hydrogens (tertiary/aromatic N) is 5. The number of fused-ring (bicyclic) bond motifs is 1. The fraction of sp³-hybridized carbons (Fsp3) is 0.240. The molecule has 1 fully saturated rings. The van der Waals surface area contributed by atoms with Gasteiger partial charge in [-0.1, -0.05) is 42.5 Å². The van der Waals surface area contributed by atoms with E-state index in [0.717, 1.165) is 35.7 Å². The van der Waals surface area contributed by atoms with Crippen molar-refractivity contribution in [3.05, 3.63) is 83.0 Å². The van der Waals surface area contributed by atoms with E-state index in [2.05, 4.69) is 9.97 Å². The molecule has 0 radical (unpaired) electrons. The van der Waals surface area contributed by atoms with E-state index in [9.17, 15) is 9.59 Å². The number of carbonyl (C=O) groups is 1. The second-order valence-electron chi connectivity index (χ2n) is 8.11. The van der Waals surface area contributed by atoms with E-state index in [0.29, 0.717) is 23.9 Å². The molecule has 32 heavy (non-hydrogen) atoms. The van der Waals surface area contributed by atoms with Gasteiger partial charge in [-0.3, -0.25) is 14.2 Å². The van der Waals surface area contributed by atoms with E-state index in [4.69, 9.17) is 4.98 Å². The monoisotopic (exact) mass is 425 g/mol. The highest BCUT2D eigenvalue weighted by molar-refractivity contribution is 6.09. The molecule has 7 heteroatoms. The Balaban J connectivity index is 1.47. The summed E-state index contributed by atoms with van der Waals surface area (Å²) in [4.78, 5) is 41.1. The van der Waals surface area contributed by atoms with Crippen LogP contribution in [0.15, 0.2) is 71.9 Å². The van der Waals surface area contributed by atoms with Crippen molar-refractivity contribution in [2.45, 2.75) is 12.8 Å². The summed E-state index contributed by atoms with van der Waals surface area (Å²) in [6.45, 7) is 1.27. The highest BCUT2D eigenvalue weighted by atomic mass is 16.1. The Morgan fingerprint density at radius 3 is 2.75 bits per heavy atom. The minimum atomic E-state index is -0.161. The van der Waals surface area contributed by atoms with Crippen LogP contribution in [0.3, 0.4) is 0 Å². The minimum absolute atomic E-state index is 0.142. The van der Waals surface area contributed by atoms with Crippen molar-refractivity contribution in [2.24, 2.45) is 13.0 Å². The molecule has 1 unspecified atom stereocenters. The number of piperidine rings is 1. The fourth-order valence-corrected chi connectivity index (χ4v) is 4.42. The van der Waals surface area contributed by atoms with E-state index in [1.807, 2.05) is 47.4 Å². The van der Waals surface area contributed by atoms with Gasteiger partial charge in [-0.25, -0.2) is 15.0 Å². The molecule has 2 aromatic carbocycles. The third kappa shape index (κ3) is 3.66. The van der Waals surface area contributed by atoms with Crippen LogP contribution < -0.4 is 10.5 Å². The quantitative estimate of drug-likeness (QED) is 0.466. The van der Waals surface area contributed by atoms with E-state index in [1.165, 1.54) is 17.0 Å². The first-order valence-electron chi connectivity index (χ1n) is 10.7. The van der Waals surface area contributed by atoms with Crippen LogP contribution in [-0.4, -0.2) is 38.4 Å². The predicted octanol–water partition coefficient (Wildman–Crippen LogP) is 3.49. The molecule has 1 atom stereocenters. The second-order valence-corrected chi connectivity index (χ2v) is 8.11. The summed E-state index contributed by atoms with van der Waals surface area (Å²) >= 11 is 0. The van der Waals surface area contributed by atoms with Crippen molar-refractivity contribution >= 4 is 22.5 Å². The van der Waals surface area contributed by atoms with Gasteiger partial charge < -0.3 is 4.90 Å². The van der Waals surface area contributed by atoms with Crippen molar-refractivity contribution in [2.75, 3.05) is 18.0 Å². The molecule has 0 saturated carbocycles. The largest absolute Gasteiger partial charge is 0.341 e. The Kier molecular flexibility index (Phi) is 5.23. The lowest BCUT2D eigenvalue weighted by Gasteiger charge is -2.33. The van der Waals surface area contributed by atoms with E-state index < -0.39 is 0 Å². The number of ketones is 1. The Morgan fingerprint density at radius 2 is 1.91 bits per heavy atom. The van der Waals surface area contributed by atoms with Gasteiger partial charge in [0.2, 0.25) is 5.95 Å². The fourth-order valence-electron chi connectivity index (χ4n) is 4.42. The van der Waals surface area contributed by atoms with Crippen LogP contribution in [0.2, 0.25) is 0 Å². The van der Waals surface area contributed by atoms with Crippen LogP contribution >= 0.6 is 0 Å².